The van der Waals surface area contributed by atoms with Crippen LogP contribution in [0.25, 0.3) is 10.9 Å². The highest BCUT2D eigenvalue weighted by molar-refractivity contribution is 5.97. The maximum Gasteiger partial charge on any atom is 0.256 e. The molecular weight excluding hydrogens is 292 g/mol. The molecule has 1 aromatic carbocycles. The number of benzene rings is 1. The predicted molar refractivity (Wildman–Crippen MR) is 90.0 cm³/mol. The van der Waals surface area contributed by atoms with Crippen LogP contribution in [0, 0.1) is 0 Å². The minimum Gasteiger partial charge on any atom is -0.382 e. The molecule has 0 spiro atoms. The highest BCUT2D eigenvalue weighted by Gasteiger charge is 2.18. The van der Waals surface area contributed by atoms with Gasteiger partial charge in [-0.2, -0.15) is 0 Å². The van der Waals surface area contributed by atoms with E-state index in [4.69, 9.17) is 4.74 Å². The molecule has 2 aromatic rings. The first-order valence-corrected chi connectivity index (χ1v) is 8.23. The number of rotatable bonds is 6. The second kappa shape index (κ2) is 6.96. The van der Waals surface area contributed by atoms with E-state index in [1.807, 2.05) is 23.6 Å². The van der Waals surface area contributed by atoms with Crippen molar-refractivity contribution in [1.82, 2.24) is 9.88 Å². The first kappa shape index (κ1) is 15.7. The quantitative estimate of drug-likeness (QED) is 0.831. The number of hydrogen-bond acceptors (Lipinski definition) is 3. The number of carbonyl (C=O) groups is 1. The van der Waals surface area contributed by atoms with Crippen LogP contribution in [-0.2, 0) is 17.7 Å². The minimum atomic E-state index is -0.298. The Kier molecular flexibility index (Phi) is 4.76. The van der Waals surface area contributed by atoms with E-state index >= 15 is 0 Å². The number of nitrogens with zero attached hydrogens (tertiary/aromatic N) is 1. The number of carbonyl (C=O) groups excluding carboxylic acids is 1. The molecule has 0 radical (unpaired) electrons. The van der Waals surface area contributed by atoms with Crippen molar-refractivity contribution >= 4 is 16.8 Å². The number of aryl methyl sites for hydroxylation is 2. The summed E-state index contributed by atoms with van der Waals surface area (Å²) in [6.07, 6.45) is 4.47. The Labute approximate surface area is 135 Å². The van der Waals surface area contributed by atoms with Crippen molar-refractivity contribution in [2.75, 3.05) is 19.8 Å². The molecule has 1 aromatic heterocycles. The minimum absolute atomic E-state index is 0.178. The molecular formula is C18H22N2O3. The molecule has 122 valence electrons. The van der Waals surface area contributed by atoms with Gasteiger partial charge in [0.1, 0.15) is 5.56 Å². The van der Waals surface area contributed by atoms with E-state index in [-0.39, 0.29) is 16.9 Å². The summed E-state index contributed by atoms with van der Waals surface area (Å²) in [5.41, 5.74) is 2.22. The summed E-state index contributed by atoms with van der Waals surface area (Å²) in [4.78, 5) is 25.0. The number of para-hydroxylation sites is 1. The maximum absolute atomic E-state index is 12.7. The molecule has 23 heavy (non-hydrogen) atoms. The van der Waals surface area contributed by atoms with Gasteiger partial charge in [0.05, 0.1) is 5.52 Å². The van der Waals surface area contributed by atoms with E-state index in [2.05, 4.69) is 11.4 Å². The normalized spacial score (nSPS) is 13.3. The third kappa shape index (κ3) is 3.15. The Hall–Kier alpha value is -2.14. The molecule has 3 rings (SSSR count). The molecule has 2 heterocycles. The zero-order chi connectivity index (χ0) is 16.2. The smallest absolute Gasteiger partial charge is 0.256 e. The summed E-state index contributed by atoms with van der Waals surface area (Å²) in [5.74, 6) is -0.298. The van der Waals surface area contributed by atoms with Crippen molar-refractivity contribution in [2.45, 2.75) is 32.7 Å². The topological polar surface area (TPSA) is 60.3 Å². The van der Waals surface area contributed by atoms with Gasteiger partial charge in [0.15, 0.2) is 0 Å². The van der Waals surface area contributed by atoms with Crippen molar-refractivity contribution in [1.29, 1.82) is 0 Å². The fourth-order valence-corrected chi connectivity index (χ4v) is 3.13. The SMILES string of the molecule is CCOCCCNC(=O)c1cn2c3c(cccc3c1=O)CCC2. The van der Waals surface area contributed by atoms with Crippen molar-refractivity contribution in [3.05, 3.63) is 45.7 Å². The summed E-state index contributed by atoms with van der Waals surface area (Å²) in [5, 5.41) is 3.46. The Morgan fingerprint density at radius 2 is 2.26 bits per heavy atom. The molecule has 0 atom stereocenters. The summed E-state index contributed by atoms with van der Waals surface area (Å²) in [6, 6.07) is 5.78. The lowest BCUT2D eigenvalue weighted by Crippen LogP contribution is -2.31. The zero-order valence-corrected chi connectivity index (χ0v) is 13.4. The summed E-state index contributed by atoms with van der Waals surface area (Å²) >= 11 is 0. The molecule has 0 saturated heterocycles. The van der Waals surface area contributed by atoms with Crippen LogP contribution in [0.3, 0.4) is 0 Å². The molecule has 1 aliphatic rings. The Morgan fingerprint density at radius 1 is 1.39 bits per heavy atom. The number of pyridine rings is 1. The standard InChI is InChI=1S/C18H22N2O3/c1-2-23-11-5-9-19-18(22)15-12-20-10-4-7-13-6-3-8-14(16(13)20)17(15)21/h3,6,8,12H,2,4-5,7,9-11H2,1H3,(H,19,22). The molecule has 0 saturated carbocycles. The maximum atomic E-state index is 12.7. The number of hydrogen-bond donors (Lipinski definition) is 1. The molecule has 0 unspecified atom stereocenters. The highest BCUT2D eigenvalue weighted by Crippen LogP contribution is 2.23. The summed E-state index contributed by atoms with van der Waals surface area (Å²) < 4.78 is 7.29. The van der Waals surface area contributed by atoms with E-state index in [9.17, 15) is 9.59 Å². The first-order chi connectivity index (χ1) is 11.2. The lowest BCUT2D eigenvalue weighted by atomic mass is 10.00. The van der Waals surface area contributed by atoms with Crippen LogP contribution in [0.2, 0.25) is 0 Å². The molecule has 1 aliphatic heterocycles. The fourth-order valence-electron chi connectivity index (χ4n) is 3.13. The average Bonchev–Trinajstić information content (AvgIpc) is 2.57. The molecule has 0 bridgehead atoms. The highest BCUT2D eigenvalue weighted by atomic mass is 16.5. The summed E-state index contributed by atoms with van der Waals surface area (Å²) in [7, 11) is 0. The second-order valence-electron chi connectivity index (χ2n) is 5.79. The second-order valence-corrected chi connectivity index (χ2v) is 5.79. The zero-order valence-electron chi connectivity index (χ0n) is 13.4. The number of nitrogens with one attached hydrogen (secondary N) is 1. The van der Waals surface area contributed by atoms with Crippen LogP contribution >= 0.6 is 0 Å². The van der Waals surface area contributed by atoms with Crippen molar-refractivity contribution < 1.29 is 9.53 Å². The lowest BCUT2D eigenvalue weighted by Gasteiger charge is -2.20. The van der Waals surface area contributed by atoms with E-state index in [1.165, 1.54) is 5.56 Å². The number of amides is 1. The van der Waals surface area contributed by atoms with Gasteiger partial charge in [-0.1, -0.05) is 12.1 Å². The average molecular weight is 314 g/mol. The van der Waals surface area contributed by atoms with Gasteiger partial charge in [0.2, 0.25) is 5.43 Å². The number of aromatic nitrogens is 1. The van der Waals surface area contributed by atoms with Gasteiger partial charge in [-0.05, 0) is 37.8 Å². The molecule has 5 nitrogen and oxygen atoms in total. The lowest BCUT2D eigenvalue weighted by molar-refractivity contribution is 0.0942. The van der Waals surface area contributed by atoms with Crippen molar-refractivity contribution in [2.24, 2.45) is 0 Å². The van der Waals surface area contributed by atoms with E-state index in [1.54, 1.807) is 6.20 Å². The summed E-state index contributed by atoms with van der Waals surface area (Å²) in [6.45, 7) is 4.58. The largest absolute Gasteiger partial charge is 0.382 e. The van der Waals surface area contributed by atoms with Gasteiger partial charge in [0.25, 0.3) is 5.91 Å². The molecule has 0 aliphatic carbocycles. The molecule has 5 heteroatoms. The van der Waals surface area contributed by atoms with Gasteiger partial charge >= 0.3 is 0 Å². The van der Waals surface area contributed by atoms with Crippen LogP contribution in [0.1, 0.15) is 35.7 Å². The van der Waals surface area contributed by atoms with Crippen LogP contribution in [0.15, 0.2) is 29.2 Å². The van der Waals surface area contributed by atoms with E-state index in [0.29, 0.717) is 25.1 Å². The van der Waals surface area contributed by atoms with Gasteiger partial charge in [-0.25, -0.2) is 0 Å². The first-order valence-electron chi connectivity index (χ1n) is 8.23. The van der Waals surface area contributed by atoms with Crippen LogP contribution in [-0.4, -0.2) is 30.2 Å². The Balaban J connectivity index is 1.86. The van der Waals surface area contributed by atoms with Crippen molar-refractivity contribution in [3.8, 4) is 0 Å². The van der Waals surface area contributed by atoms with Crippen LogP contribution in [0.5, 0.6) is 0 Å². The fraction of sp³-hybridized carbons (Fsp3) is 0.444. The Bertz CT molecular complexity index is 780. The molecule has 1 N–H and O–H groups in total. The van der Waals surface area contributed by atoms with Crippen LogP contribution < -0.4 is 10.7 Å². The third-order valence-corrected chi connectivity index (χ3v) is 4.23. The van der Waals surface area contributed by atoms with Crippen molar-refractivity contribution in [3.63, 3.8) is 0 Å². The molecule has 0 fully saturated rings. The number of ether oxygens (including phenoxy) is 1. The monoisotopic (exact) mass is 314 g/mol. The van der Waals surface area contributed by atoms with Gasteiger partial charge in [-0.3, -0.25) is 9.59 Å². The van der Waals surface area contributed by atoms with Gasteiger partial charge < -0.3 is 14.6 Å². The van der Waals surface area contributed by atoms with Gasteiger partial charge in [0, 0.05) is 37.9 Å². The Morgan fingerprint density at radius 3 is 3.09 bits per heavy atom. The van der Waals surface area contributed by atoms with E-state index < -0.39 is 0 Å². The predicted octanol–water partition coefficient (Wildman–Crippen LogP) is 2.10. The third-order valence-electron chi connectivity index (χ3n) is 4.23. The molecule has 1 amide bonds. The van der Waals surface area contributed by atoms with Crippen LogP contribution in [0.4, 0.5) is 0 Å². The van der Waals surface area contributed by atoms with Gasteiger partial charge in [-0.15, -0.1) is 0 Å². The van der Waals surface area contributed by atoms with E-state index in [0.717, 1.165) is 31.3 Å².